The minimum atomic E-state index is 0.762. The van der Waals surface area contributed by atoms with Gasteiger partial charge in [0.25, 0.3) is 0 Å². The lowest BCUT2D eigenvalue weighted by atomic mass is 10.0. The molecule has 0 aliphatic carbocycles. The number of nitrogens with one attached hydrogen (secondary N) is 1. The molecule has 2 heteroatoms. The summed E-state index contributed by atoms with van der Waals surface area (Å²) >= 11 is 0. The minimum Gasteiger partial charge on any atom is -0.376 e. The van der Waals surface area contributed by atoms with E-state index in [-0.39, 0.29) is 0 Å². The first-order valence-electron chi connectivity index (χ1n) is 5.44. The Bertz CT molecular complexity index is 525. The van der Waals surface area contributed by atoms with Crippen molar-refractivity contribution in [2.24, 2.45) is 0 Å². The van der Waals surface area contributed by atoms with Gasteiger partial charge in [-0.25, -0.2) is 0 Å². The molecule has 1 aliphatic heterocycles. The zero-order valence-electron chi connectivity index (χ0n) is 9.18. The van der Waals surface area contributed by atoms with Crippen LogP contribution >= 0.6 is 0 Å². The molecule has 0 unspecified atom stereocenters. The minimum absolute atomic E-state index is 0.762. The Balaban J connectivity index is 2.37. The molecule has 0 radical (unpaired) electrons. The Morgan fingerprint density at radius 3 is 3.00 bits per heavy atom. The molecule has 2 aromatic rings. The Labute approximate surface area is 89.3 Å². The van der Waals surface area contributed by atoms with Gasteiger partial charge in [0.1, 0.15) is 0 Å². The zero-order chi connectivity index (χ0) is 10.4. The van der Waals surface area contributed by atoms with Crippen LogP contribution in [0, 0.1) is 13.8 Å². The van der Waals surface area contributed by atoms with Crippen LogP contribution in [0.5, 0.6) is 0 Å². The average Bonchev–Trinajstić information content (AvgIpc) is 2.57. The molecule has 0 amide bonds. The molecule has 3 rings (SSSR count). The van der Waals surface area contributed by atoms with Gasteiger partial charge < -0.3 is 9.72 Å². The maximum absolute atomic E-state index is 5.52. The molecule has 0 atom stereocenters. The Kier molecular flexibility index (Phi) is 1.86. The van der Waals surface area contributed by atoms with Gasteiger partial charge in [-0.15, -0.1) is 0 Å². The summed E-state index contributed by atoms with van der Waals surface area (Å²) < 4.78 is 5.52. The topological polar surface area (TPSA) is 25.0 Å². The molecular weight excluding hydrogens is 186 g/mol. The van der Waals surface area contributed by atoms with E-state index < -0.39 is 0 Å². The number of hydrogen-bond donors (Lipinski definition) is 1. The molecule has 0 saturated carbocycles. The predicted octanol–water partition coefficient (Wildman–Crippen LogP) is 2.86. The highest BCUT2D eigenvalue weighted by atomic mass is 16.5. The molecule has 78 valence electrons. The van der Waals surface area contributed by atoms with E-state index in [1.54, 1.807) is 0 Å². The lowest BCUT2D eigenvalue weighted by Crippen LogP contribution is -2.08. The van der Waals surface area contributed by atoms with Crippen molar-refractivity contribution in [2.45, 2.75) is 26.9 Å². The number of aromatic nitrogens is 1. The summed E-state index contributed by atoms with van der Waals surface area (Å²) in [6.07, 6.45) is 1.02. The predicted molar refractivity (Wildman–Crippen MR) is 61.1 cm³/mol. The lowest BCUT2D eigenvalue weighted by molar-refractivity contribution is 0.111. The van der Waals surface area contributed by atoms with Crippen molar-refractivity contribution in [1.82, 2.24) is 4.98 Å². The van der Waals surface area contributed by atoms with Crippen molar-refractivity contribution in [3.8, 4) is 0 Å². The molecule has 2 heterocycles. The first kappa shape index (κ1) is 8.98. The molecule has 0 fully saturated rings. The van der Waals surface area contributed by atoms with Crippen molar-refractivity contribution < 1.29 is 4.74 Å². The highest BCUT2D eigenvalue weighted by molar-refractivity contribution is 5.88. The largest absolute Gasteiger partial charge is 0.376 e. The van der Waals surface area contributed by atoms with Gasteiger partial charge in [-0.05, 0) is 25.5 Å². The number of fused-ring (bicyclic) bond motifs is 3. The molecule has 2 nitrogen and oxygen atoms in total. The molecule has 1 aromatic heterocycles. The fourth-order valence-electron chi connectivity index (χ4n) is 2.49. The lowest BCUT2D eigenvalue weighted by Gasteiger charge is -2.11. The van der Waals surface area contributed by atoms with Crippen molar-refractivity contribution in [3.05, 3.63) is 34.5 Å². The molecule has 15 heavy (non-hydrogen) atoms. The second-order valence-electron chi connectivity index (χ2n) is 4.39. The summed E-state index contributed by atoms with van der Waals surface area (Å²) in [5.74, 6) is 0. The number of aromatic amines is 1. The Morgan fingerprint density at radius 2 is 2.13 bits per heavy atom. The van der Waals surface area contributed by atoms with E-state index in [4.69, 9.17) is 4.74 Å². The van der Waals surface area contributed by atoms with Gasteiger partial charge >= 0.3 is 0 Å². The van der Waals surface area contributed by atoms with Crippen LogP contribution in [0.15, 0.2) is 12.1 Å². The molecular formula is C13H15NO. The van der Waals surface area contributed by atoms with Gasteiger partial charge in [0.15, 0.2) is 0 Å². The highest BCUT2D eigenvalue weighted by Crippen LogP contribution is 2.29. The third-order valence-corrected chi connectivity index (χ3v) is 3.19. The van der Waals surface area contributed by atoms with Crippen LogP contribution in [0.2, 0.25) is 0 Å². The van der Waals surface area contributed by atoms with Gasteiger partial charge in [0, 0.05) is 28.6 Å². The fraction of sp³-hybridized carbons (Fsp3) is 0.385. The average molecular weight is 201 g/mol. The fourth-order valence-corrected chi connectivity index (χ4v) is 2.49. The molecule has 0 spiro atoms. The second-order valence-corrected chi connectivity index (χ2v) is 4.39. The van der Waals surface area contributed by atoms with E-state index in [2.05, 4.69) is 31.0 Å². The van der Waals surface area contributed by atoms with Crippen LogP contribution in [0.25, 0.3) is 10.9 Å². The van der Waals surface area contributed by atoms with E-state index >= 15 is 0 Å². The van der Waals surface area contributed by atoms with E-state index in [1.165, 1.54) is 33.3 Å². The second kappa shape index (κ2) is 3.11. The Hall–Kier alpha value is -1.28. The summed E-state index contributed by atoms with van der Waals surface area (Å²) in [4.78, 5) is 3.53. The van der Waals surface area contributed by atoms with Crippen LogP contribution in [0.1, 0.15) is 22.4 Å². The summed E-state index contributed by atoms with van der Waals surface area (Å²) in [6, 6.07) is 4.48. The molecule has 0 bridgehead atoms. The molecule has 1 aliphatic rings. The third kappa shape index (κ3) is 1.29. The summed E-state index contributed by atoms with van der Waals surface area (Å²) in [7, 11) is 0. The highest BCUT2D eigenvalue weighted by Gasteiger charge is 2.16. The maximum atomic E-state index is 5.52. The maximum Gasteiger partial charge on any atom is 0.0740 e. The molecule has 0 saturated heterocycles. The van der Waals surface area contributed by atoms with Gasteiger partial charge in [0.2, 0.25) is 0 Å². The first-order valence-corrected chi connectivity index (χ1v) is 5.44. The summed E-state index contributed by atoms with van der Waals surface area (Å²) in [5.41, 5.74) is 6.68. The number of ether oxygens (including phenoxy) is 1. The van der Waals surface area contributed by atoms with Gasteiger partial charge in [-0.3, -0.25) is 0 Å². The number of rotatable bonds is 0. The van der Waals surface area contributed by atoms with Crippen LogP contribution in [0.4, 0.5) is 0 Å². The van der Waals surface area contributed by atoms with Crippen molar-refractivity contribution in [2.75, 3.05) is 6.61 Å². The standard InChI is InChI=1S/C13H15NO/c1-8-5-9(2)13-10(6-8)11-7-15-4-3-12(11)14-13/h5-6,14H,3-4,7H2,1-2H3. The number of aryl methyl sites for hydroxylation is 2. The molecule has 1 N–H and O–H groups in total. The summed E-state index contributed by atoms with van der Waals surface area (Å²) in [5, 5.41) is 1.35. The van der Waals surface area contributed by atoms with Crippen molar-refractivity contribution in [1.29, 1.82) is 0 Å². The van der Waals surface area contributed by atoms with Gasteiger partial charge in [-0.2, -0.15) is 0 Å². The van der Waals surface area contributed by atoms with Crippen LogP contribution in [-0.2, 0) is 17.8 Å². The van der Waals surface area contributed by atoms with E-state index in [1.807, 2.05) is 0 Å². The SMILES string of the molecule is Cc1cc(C)c2[nH]c3c(c2c1)COCC3. The van der Waals surface area contributed by atoms with E-state index in [9.17, 15) is 0 Å². The summed E-state index contributed by atoms with van der Waals surface area (Å²) in [6.45, 7) is 5.92. The van der Waals surface area contributed by atoms with Crippen LogP contribution in [-0.4, -0.2) is 11.6 Å². The normalized spacial score (nSPS) is 15.6. The zero-order valence-corrected chi connectivity index (χ0v) is 9.18. The number of benzene rings is 1. The quantitative estimate of drug-likeness (QED) is 0.696. The van der Waals surface area contributed by atoms with Crippen molar-refractivity contribution in [3.63, 3.8) is 0 Å². The number of hydrogen-bond acceptors (Lipinski definition) is 1. The smallest absolute Gasteiger partial charge is 0.0740 e. The Morgan fingerprint density at radius 1 is 1.27 bits per heavy atom. The van der Waals surface area contributed by atoms with Gasteiger partial charge in [-0.1, -0.05) is 11.6 Å². The number of H-pyrrole nitrogens is 1. The third-order valence-electron chi connectivity index (χ3n) is 3.19. The van der Waals surface area contributed by atoms with Crippen LogP contribution < -0.4 is 0 Å². The molecule has 1 aromatic carbocycles. The van der Waals surface area contributed by atoms with Crippen LogP contribution in [0.3, 0.4) is 0 Å². The first-order chi connectivity index (χ1) is 7.25. The van der Waals surface area contributed by atoms with E-state index in [0.717, 1.165) is 19.6 Å². The van der Waals surface area contributed by atoms with Crippen molar-refractivity contribution >= 4 is 10.9 Å². The van der Waals surface area contributed by atoms with E-state index in [0.29, 0.717) is 0 Å². The monoisotopic (exact) mass is 201 g/mol. The van der Waals surface area contributed by atoms with Gasteiger partial charge in [0.05, 0.1) is 13.2 Å².